The molecule has 2 aromatic heterocycles. The number of thioether (sulfide) groups is 1. The third kappa shape index (κ3) is 5.78. The molecule has 0 aliphatic carbocycles. The summed E-state index contributed by atoms with van der Waals surface area (Å²) in [6.45, 7) is 0.0387. The molecule has 1 aliphatic rings. The van der Waals surface area contributed by atoms with E-state index in [0.29, 0.717) is 20.4 Å². The molecule has 0 bridgehead atoms. The SMILES string of the molecule is O=C(CCN1C(=O)C(=Cc2cc(-c3ccc(F)c(F)c3)cs2)SC1=S)Nc1cc(C(=O)O)ccn1. The quantitative estimate of drug-likeness (QED) is 0.326. The number of anilines is 1. The Morgan fingerprint density at radius 3 is 2.69 bits per heavy atom. The highest BCUT2D eigenvalue weighted by Gasteiger charge is 2.32. The highest BCUT2D eigenvalue weighted by atomic mass is 32.2. The van der Waals surface area contributed by atoms with Crippen LogP contribution in [0, 0.1) is 11.6 Å². The Hall–Kier alpha value is -3.48. The maximum absolute atomic E-state index is 13.5. The van der Waals surface area contributed by atoms with E-state index < -0.39 is 23.5 Å². The smallest absolute Gasteiger partial charge is 0.335 e. The van der Waals surface area contributed by atoms with Crippen LogP contribution in [0.2, 0.25) is 0 Å². The first-order chi connectivity index (χ1) is 16.7. The highest BCUT2D eigenvalue weighted by molar-refractivity contribution is 8.26. The molecule has 12 heteroatoms. The molecule has 7 nitrogen and oxygen atoms in total. The lowest BCUT2D eigenvalue weighted by Gasteiger charge is -2.14. The van der Waals surface area contributed by atoms with E-state index in [-0.39, 0.29) is 30.3 Å². The molecule has 0 radical (unpaired) electrons. The van der Waals surface area contributed by atoms with Crippen molar-refractivity contribution < 1.29 is 28.3 Å². The fourth-order valence-corrected chi connectivity index (χ4v) is 5.35. The van der Waals surface area contributed by atoms with Crippen molar-refractivity contribution >= 4 is 69.3 Å². The minimum Gasteiger partial charge on any atom is -0.478 e. The Balaban J connectivity index is 1.39. The van der Waals surface area contributed by atoms with Gasteiger partial charge < -0.3 is 10.4 Å². The van der Waals surface area contributed by atoms with Crippen molar-refractivity contribution in [1.82, 2.24) is 9.88 Å². The molecule has 0 unspecified atom stereocenters. The standard InChI is InChI=1S/C23H15F2N3O4S3/c24-16-2-1-12(8-17(16)25)14-7-15(34-11-14)10-18-21(30)28(23(33)35-18)6-4-20(29)27-19-9-13(22(31)32)3-5-26-19/h1-3,5,7-11H,4,6H2,(H,31,32)(H,26,27,29). The van der Waals surface area contributed by atoms with Gasteiger partial charge in [-0.2, -0.15) is 0 Å². The number of carbonyl (C=O) groups is 3. The summed E-state index contributed by atoms with van der Waals surface area (Å²) in [4.78, 5) is 42.5. The van der Waals surface area contributed by atoms with Gasteiger partial charge >= 0.3 is 5.97 Å². The van der Waals surface area contributed by atoms with Gasteiger partial charge in [-0.1, -0.05) is 30.0 Å². The zero-order valence-corrected chi connectivity index (χ0v) is 20.1. The second-order valence-electron chi connectivity index (χ2n) is 7.23. The molecule has 1 saturated heterocycles. The zero-order chi connectivity index (χ0) is 25.1. The molecule has 0 spiro atoms. The van der Waals surface area contributed by atoms with Crippen LogP contribution in [0.15, 0.2) is 52.9 Å². The summed E-state index contributed by atoms with van der Waals surface area (Å²) in [6, 6.07) is 7.94. The number of hydrogen-bond acceptors (Lipinski definition) is 7. The van der Waals surface area contributed by atoms with Gasteiger partial charge in [-0.05, 0) is 52.9 Å². The van der Waals surface area contributed by atoms with Gasteiger partial charge in [0.05, 0.1) is 10.5 Å². The molecule has 1 aliphatic heterocycles. The van der Waals surface area contributed by atoms with Crippen LogP contribution in [0.3, 0.4) is 0 Å². The number of hydrogen-bond donors (Lipinski definition) is 2. The average molecular weight is 532 g/mol. The maximum atomic E-state index is 13.5. The van der Waals surface area contributed by atoms with Crippen molar-refractivity contribution in [2.75, 3.05) is 11.9 Å². The van der Waals surface area contributed by atoms with Gasteiger partial charge in [0.15, 0.2) is 11.6 Å². The lowest BCUT2D eigenvalue weighted by atomic mass is 10.1. The fourth-order valence-electron chi connectivity index (χ4n) is 3.13. The van der Waals surface area contributed by atoms with Crippen molar-refractivity contribution in [2.24, 2.45) is 0 Å². The van der Waals surface area contributed by atoms with Crippen molar-refractivity contribution in [1.29, 1.82) is 0 Å². The second kappa shape index (κ2) is 10.4. The number of benzene rings is 1. The van der Waals surface area contributed by atoms with Gasteiger partial charge in [-0.25, -0.2) is 18.6 Å². The largest absolute Gasteiger partial charge is 0.478 e. The normalized spacial score (nSPS) is 14.6. The first-order valence-corrected chi connectivity index (χ1v) is 12.1. The maximum Gasteiger partial charge on any atom is 0.335 e. The Morgan fingerprint density at radius 1 is 1.14 bits per heavy atom. The lowest BCUT2D eigenvalue weighted by molar-refractivity contribution is -0.122. The van der Waals surface area contributed by atoms with E-state index in [0.717, 1.165) is 28.8 Å². The van der Waals surface area contributed by atoms with E-state index in [1.807, 2.05) is 0 Å². The third-order valence-corrected chi connectivity index (χ3v) is 7.11. The summed E-state index contributed by atoms with van der Waals surface area (Å²) in [7, 11) is 0. The lowest BCUT2D eigenvalue weighted by Crippen LogP contribution is -2.31. The highest BCUT2D eigenvalue weighted by Crippen LogP contribution is 2.35. The molecule has 3 heterocycles. The first kappa shape index (κ1) is 24.6. The Kier molecular flexibility index (Phi) is 7.34. The molecule has 178 valence electrons. The summed E-state index contributed by atoms with van der Waals surface area (Å²) in [6.07, 6.45) is 2.86. The molecule has 0 saturated carbocycles. The molecule has 4 rings (SSSR count). The van der Waals surface area contributed by atoms with Crippen LogP contribution < -0.4 is 5.32 Å². The predicted molar refractivity (Wildman–Crippen MR) is 134 cm³/mol. The van der Waals surface area contributed by atoms with Crippen LogP contribution in [0.5, 0.6) is 0 Å². The summed E-state index contributed by atoms with van der Waals surface area (Å²) in [5.41, 5.74) is 1.19. The monoisotopic (exact) mass is 531 g/mol. The van der Waals surface area contributed by atoms with Gasteiger partial charge in [0.1, 0.15) is 10.1 Å². The number of nitrogens with zero attached hydrogens (tertiary/aromatic N) is 2. The molecular weight excluding hydrogens is 516 g/mol. The number of rotatable bonds is 7. The van der Waals surface area contributed by atoms with Crippen LogP contribution in [-0.4, -0.2) is 43.6 Å². The van der Waals surface area contributed by atoms with Crippen molar-refractivity contribution in [3.63, 3.8) is 0 Å². The summed E-state index contributed by atoms with van der Waals surface area (Å²) < 4.78 is 27.0. The van der Waals surface area contributed by atoms with Crippen LogP contribution >= 0.6 is 35.3 Å². The number of amides is 2. The number of carboxylic acid groups (broad SMARTS) is 1. The van der Waals surface area contributed by atoms with Gasteiger partial charge in [0, 0.05) is 24.0 Å². The summed E-state index contributed by atoms with van der Waals surface area (Å²) in [5.74, 6) is -3.71. The van der Waals surface area contributed by atoms with E-state index >= 15 is 0 Å². The summed E-state index contributed by atoms with van der Waals surface area (Å²) in [5, 5.41) is 13.3. The Bertz CT molecular complexity index is 1390. The van der Waals surface area contributed by atoms with E-state index in [1.165, 1.54) is 40.6 Å². The number of thiocarbonyl (C=S) groups is 1. The number of aromatic nitrogens is 1. The Morgan fingerprint density at radius 2 is 1.94 bits per heavy atom. The number of carboxylic acids is 1. The topological polar surface area (TPSA) is 99.6 Å². The van der Waals surface area contributed by atoms with Crippen LogP contribution in [0.1, 0.15) is 21.7 Å². The molecule has 2 N–H and O–H groups in total. The van der Waals surface area contributed by atoms with Gasteiger partial charge in [0.2, 0.25) is 5.91 Å². The molecule has 3 aromatic rings. The van der Waals surface area contributed by atoms with E-state index in [1.54, 1.807) is 17.5 Å². The Labute approximate surface area is 211 Å². The number of carbonyl (C=O) groups excluding carboxylic acids is 2. The van der Waals surface area contributed by atoms with Gasteiger partial charge in [0.25, 0.3) is 5.91 Å². The number of aromatic carboxylic acids is 1. The molecule has 35 heavy (non-hydrogen) atoms. The number of pyridine rings is 1. The average Bonchev–Trinajstić information content (AvgIpc) is 3.39. The third-order valence-electron chi connectivity index (χ3n) is 4.86. The van der Waals surface area contributed by atoms with E-state index in [9.17, 15) is 23.2 Å². The van der Waals surface area contributed by atoms with Crippen molar-refractivity contribution in [2.45, 2.75) is 6.42 Å². The minimum atomic E-state index is -1.14. The molecule has 1 aromatic carbocycles. The molecule has 0 atom stereocenters. The zero-order valence-electron chi connectivity index (χ0n) is 17.7. The number of thiophene rings is 1. The summed E-state index contributed by atoms with van der Waals surface area (Å²) >= 11 is 7.73. The predicted octanol–water partition coefficient (Wildman–Crippen LogP) is 5.02. The fraction of sp³-hybridized carbons (Fsp3) is 0.0870. The van der Waals surface area contributed by atoms with Crippen LogP contribution in [-0.2, 0) is 9.59 Å². The van der Waals surface area contributed by atoms with E-state index in [4.69, 9.17) is 17.3 Å². The van der Waals surface area contributed by atoms with Crippen molar-refractivity contribution in [3.05, 3.63) is 75.0 Å². The molecule has 2 amide bonds. The van der Waals surface area contributed by atoms with E-state index in [2.05, 4.69) is 10.3 Å². The van der Waals surface area contributed by atoms with Crippen LogP contribution in [0.4, 0.5) is 14.6 Å². The molecule has 1 fully saturated rings. The number of halogens is 2. The minimum absolute atomic E-state index is 0.0151. The molecular formula is C23H15F2N3O4S3. The first-order valence-electron chi connectivity index (χ1n) is 10.00. The van der Waals surface area contributed by atoms with Crippen LogP contribution in [0.25, 0.3) is 17.2 Å². The second-order valence-corrected chi connectivity index (χ2v) is 9.85. The van der Waals surface area contributed by atoms with Gasteiger partial charge in [-0.3, -0.25) is 14.5 Å². The number of nitrogens with one attached hydrogen (secondary N) is 1. The van der Waals surface area contributed by atoms with Crippen molar-refractivity contribution in [3.8, 4) is 11.1 Å². The van der Waals surface area contributed by atoms with Gasteiger partial charge in [-0.15, -0.1) is 11.3 Å².